The van der Waals surface area contributed by atoms with Crippen molar-refractivity contribution in [2.45, 2.75) is 13.1 Å². The van der Waals surface area contributed by atoms with Crippen molar-refractivity contribution >= 4 is 16.6 Å². The summed E-state index contributed by atoms with van der Waals surface area (Å²) in [4.78, 5) is 0. The van der Waals surface area contributed by atoms with Crippen molar-refractivity contribution < 1.29 is 0 Å². The van der Waals surface area contributed by atoms with Gasteiger partial charge in [-0.25, -0.2) is 0 Å². The number of rotatable bonds is 1. The molecule has 2 heterocycles. The predicted octanol–water partition coefficient (Wildman–Crippen LogP) is 2.43. The number of nitrogens with two attached hydrogens (primary N) is 1. The molecule has 1 aromatic heterocycles. The molecule has 1 aliphatic heterocycles. The van der Waals surface area contributed by atoms with Gasteiger partial charge in [0.1, 0.15) is 0 Å². The van der Waals surface area contributed by atoms with Crippen molar-refractivity contribution in [1.29, 1.82) is 0 Å². The van der Waals surface area contributed by atoms with Gasteiger partial charge in [-0.15, -0.1) is 0 Å². The van der Waals surface area contributed by atoms with E-state index in [1.807, 2.05) is 24.0 Å². The largest absolute Gasteiger partial charge is 0.398 e. The third-order valence-electron chi connectivity index (χ3n) is 4.13. The van der Waals surface area contributed by atoms with Crippen molar-refractivity contribution in [2.24, 2.45) is 7.05 Å². The molecule has 0 amide bonds. The monoisotopic (exact) mass is 264 g/mol. The van der Waals surface area contributed by atoms with Gasteiger partial charge in [-0.2, -0.15) is 5.10 Å². The van der Waals surface area contributed by atoms with Gasteiger partial charge in [-0.3, -0.25) is 4.68 Å². The Morgan fingerprint density at radius 2 is 2.00 bits per heavy atom. The maximum Gasteiger partial charge on any atom is 0.0685 e. The topological polar surface area (TPSA) is 55.9 Å². The highest BCUT2D eigenvalue weighted by atomic mass is 15.2. The molecule has 0 atom stereocenters. The summed E-state index contributed by atoms with van der Waals surface area (Å²) < 4.78 is 1.91. The molecule has 3 N–H and O–H groups in total. The van der Waals surface area contributed by atoms with E-state index in [0.29, 0.717) is 0 Å². The average molecular weight is 264 g/mol. The number of hydrogen-bond donors (Lipinski definition) is 2. The standard InChI is InChI=1S/C16H16N4/c1-20-16-6-10(2-3-11(16)7-19-20)12-4-5-15(17)14-9-18-8-13(12)14/h2-7,18H,8-9,17H2,1H3. The summed E-state index contributed by atoms with van der Waals surface area (Å²) >= 11 is 0. The zero-order valence-corrected chi connectivity index (χ0v) is 11.4. The van der Waals surface area contributed by atoms with E-state index < -0.39 is 0 Å². The van der Waals surface area contributed by atoms with Gasteiger partial charge in [0, 0.05) is 31.2 Å². The van der Waals surface area contributed by atoms with Crippen molar-refractivity contribution in [3.8, 4) is 11.1 Å². The van der Waals surface area contributed by atoms with E-state index in [2.05, 4.69) is 34.7 Å². The smallest absolute Gasteiger partial charge is 0.0685 e. The lowest BCUT2D eigenvalue weighted by molar-refractivity contribution is 0.765. The van der Waals surface area contributed by atoms with Crippen LogP contribution in [0, 0.1) is 0 Å². The SMILES string of the molecule is Cn1ncc2ccc(-c3ccc(N)c4c3CNC4)cc21. The molecular formula is C16H16N4. The number of nitrogens with zero attached hydrogens (tertiary/aromatic N) is 2. The van der Waals surface area contributed by atoms with Crippen LogP contribution < -0.4 is 11.1 Å². The molecule has 0 radical (unpaired) electrons. The fourth-order valence-corrected chi connectivity index (χ4v) is 3.02. The Labute approximate surface area is 117 Å². The van der Waals surface area contributed by atoms with E-state index in [9.17, 15) is 0 Å². The molecule has 4 heteroatoms. The van der Waals surface area contributed by atoms with E-state index in [1.165, 1.54) is 27.6 Å². The van der Waals surface area contributed by atoms with Crippen LogP contribution >= 0.6 is 0 Å². The van der Waals surface area contributed by atoms with Crippen LogP contribution in [0.2, 0.25) is 0 Å². The van der Waals surface area contributed by atoms with Crippen LogP contribution in [0.5, 0.6) is 0 Å². The second kappa shape index (κ2) is 4.08. The quantitative estimate of drug-likeness (QED) is 0.664. The minimum Gasteiger partial charge on any atom is -0.398 e. The number of aryl methyl sites for hydroxylation is 1. The molecular weight excluding hydrogens is 248 g/mol. The predicted molar refractivity (Wildman–Crippen MR) is 81.1 cm³/mol. The minimum absolute atomic E-state index is 0.864. The van der Waals surface area contributed by atoms with E-state index in [4.69, 9.17) is 5.73 Å². The van der Waals surface area contributed by atoms with Crippen molar-refractivity contribution in [1.82, 2.24) is 15.1 Å². The zero-order chi connectivity index (χ0) is 13.7. The van der Waals surface area contributed by atoms with E-state index >= 15 is 0 Å². The highest BCUT2D eigenvalue weighted by Gasteiger charge is 2.18. The molecule has 0 saturated carbocycles. The van der Waals surface area contributed by atoms with E-state index in [1.54, 1.807) is 0 Å². The van der Waals surface area contributed by atoms with Crippen LogP contribution in [-0.2, 0) is 20.1 Å². The second-order valence-electron chi connectivity index (χ2n) is 5.30. The van der Waals surface area contributed by atoms with E-state index in [0.717, 1.165) is 24.3 Å². The Balaban J connectivity index is 1.95. The van der Waals surface area contributed by atoms with Gasteiger partial charge < -0.3 is 11.1 Å². The summed E-state index contributed by atoms with van der Waals surface area (Å²) in [7, 11) is 1.97. The summed E-state index contributed by atoms with van der Waals surface area (Å²) in [5.41, 5.74) is 13.2. The summed E-state index contributed by atoms with van der Waals surface area (Å²) in [6.07, 6.45) is 1.90. The van der Waals surface area contributed by atoms with Gasteiger partial charge in [0.2, 0.25) is 0 Å². The molecule has 0 spiro atoms. The first kappa shape index (κ1) is 11.5. The van der Waals surface area contributed by atoms with Gasteiger partial charge in [-0.1, -0.05) is 18.2 Å². The number of benzene rings is 2. The van der Waals surface area contributed by atoms with Crippen LogP contribution in [0.1, 0.15) is 11.1 Å². The molecule has 100 valence electrons. The van der Waals surface area contributed by atoms with Crippen molar-refractivity contribution in [3.63, 3.8) is 0 Å². The van der Waals surface area contributed by atoms with Crippen molar-refractivity contribution in [2.75, 3.05) is 5.73 Å². The summed E-state index contributed by atoms with van der Waals surface area (Å²) in [6.45, 7) is 1.75. The molecule has 0 fully saturated rings. The molecule has 4 rings (SSSR count). The maximum absolute atomic E-state index is 6.06. The van der Waals surface area contributed by atoms with Crippen molar-refractivity contribution in [3.05, 3.63) is 47.7 Å². The molecule has 2 aromatic carbocycles. The maximum atomic E-state index is 6.06. The lowest BCUT2D eigenvalue weighted by atomic mass is 9.95. The van der Waals surface area contributed by atoms with Gasteiger partial charge in [0.15, 0.2) is 0 Å². The number of hydrogen-bond acceptors (Lipinski definition) is 3. The number of anilines is 1. The van der Waals surface area contributed by atoms with Gasteiger partial charge in [0.25, 0.3) is 0 Å². The highest BCUT2D eigenvalue weighted by Crippen LogP contribution is 2.33. The summed E-state index contributed by atoms with van der Waals surface area (Å²) in [5, 5.41) is 8.85. The lowest BCUT2D eigenvalue weighted by Gasteiger charge is -2.10. The fraction of sp³-hybridized carbons (Fsp3) is 0.188. The van der Waals surface area contributed by atoms with Crippen LogP contribution in [0.25, 0.3) is 22.0 Å². The first-order valence-electron chi connectivity index (χ1n) is 6.77. The lowest BCUT2D eigenvalue weighted by Crippen LogP contribution is -2.01. The highest BCUT2D eigenvalue weighted by molar-refractivity contribution is 5.86. The normalized spacial score (nSPS) is 13.8. The summed E-state index contributed by atoms with van der Waals surface area (Å²) in [6, 6.07) is 10.6. The summed E-state index contributed by atoms with van der Waals surface area (Å²) in [5.74, 6) is 0. The first-order valence-corrected chi connectivity index (χ1v) is 6.77. The minimum atomic E-state index is 0.864. The zero-order valence-electron chi connectivity index (χ0n) is 11.4. The number of fused-ring (bicyclic) bond motifs is 2. The van der Waals surface area contributed by atoms with Gasteiger partial charge in [-0.05, 0) is 34.4 Å². The van der Waals surface area contributed by atoms with Gasteiger partial charge in [0.05, 0.1) is 11.7 Å². The number of aromatic nitrogens is 2. The Bertz CT molecular complexity index is 817. The Hall–Kier alpha value is -2.33. The molecule has 3 aromatic rings. The van der Waals surface area contributed by atoms with Crippen LogP contribution in [0.3, 0.4) is 0 Å². The average Bonchev–Trinajstić information content (AvgIpc) is 3.07. The molecule has 0 bridgehead atoms. The number of nitrogens with one attached hydrogen (secondary N) is 1. The number of nitrogen functional groups attached to an aromatic ring is 1. The molecule has 20 heavy (non-hydrogen) atoms. The Morgan fingerprint density at radius 1 is 1.15 bits per heavy atom. The molecule has 0 aliphatic carbocycles. The Morgan fingerprint density at radius 3 is 2.90 bits per heavy atom. The third-order valence-corrected chi connectivity index (χ3v) is 4.13. The first-order chi connectivity index (χ1) is 9.74. The van der Waals surface area contributed by atoms with Crippen LogP contribution in [0.15, 0.2) is 36.5 Å². The Kier molecular flexibility index (Phi) is 2.35. The van der Waals surface area contributed by atoms with Crippen LogP contribution in [-0.4, -0.2) is 9.78 Å². The molecule has 1 aliphatic rings. The van der Waals surface area contributed by atoms with E-state index in [-0.39, 0.29) is 0 Å². The second-order valence-corrected chi connectivity index (χ2v) is 5.30. The fourth-order valence-electron chi connectivity index (χ4n) is 3.02. The van der Waals surface area contributed by atoms with Gasteiger partial charge >= 0.3 is 0 Å². The van der Waals surface area contributed by atoms with Crippen LogP contribution in [0.4, 0.5) is 5.69 Å². The molecule has 0 unspecified atom stereocenters. The molecule has 0 saturated heterocycles. The molecule has 4 nitrogen and oxygen atoms in total. The third kappa shape index (κ3) is 1.55.